The summed E-state index contributed by atoms with van der Waals surface area (Å²) in [5.74, 6) is 0.942. The quantitative estimate of drug-likeness (QED) is 0.867. The molecule has 2 fully saturated rings. The first-order valence-electron chi connectivity index (χ1n) is 7.46. The summed E-state index contributed by atoms with van der Waals surface area (Å²) < 4.78 is 1.05. The first-order chi connectivity index (χ1) is 9.71. The first kappa shape index (κ1) is 14.1. The third-order valence-electron chi connectivity index (χ3n) is 4.56. The smallest absolute Gasteiger partial charge is 0.230 e. The fourth-order valence-corrected chi connectivity index (χ4v) is 3.48. The molecule has 1 amide bonds. The number of nitrogens with one attached hydrogen (secondary N) is 2. The summed E-state index contributed by atoms with van der Waals surface area (Å²) in [5, 5.41) is 6.52. The molecule has 4 heteroatoms. The van der Waals surface area contributed by atoms with Crippen molar-refractivity contribution >= 4 is 21.8 Å². The molecule has 0 bridgehead atoms. The molecule has 2 N–H and O–H groups in total. The second-order valence-corrected chi connectivity index (χ2v) is 6.91. The molecule has 1 aromatic rings. The number of hydrogen-bond donors (Lipinski definition) is 2. The van der Waals surface area contributed by atoms with Crippen molar-refractivity contribution in [3.8, 4) is 0 Å². The highest BCUT2D eigenvalue weighted by molar-refractivity contribution is 9.10. The fraction of sp³-hybridized carbons (Fsp3) is 0.562. The van der Waals surface area contributed by atoms with Crippen molar-refractivity contribution in [3.05, 3.63) is 34.3 Å². The molecule has 1 saturated heterocycles. The van der Waals surface area contributed by atoms with Crippen LogP contribution in [0.2, 0.25) is 0 Å². The SMILES string of the molecule is O=C(NCCC1CCNC1)C1(c2cccc(Br)c2)CC1. The van der Waals surface area contributed by atoms with Crippen LogP contribution in [0.1, 0.15) is 31.2 Å². The molecule has 3 rings (SSSR count). The maximum atomic E-state index is 12.5. The molecule has 3 nitrogen and oxygen atoms in total. The van der Waals surface area contributed by atoms with Crippen molar-refractivity contribution < 1.29 is 4.79 Å². The first-order valence-corrected chi connectivity index (χ1v) is 8.25. The molecule has 1 unspecified atom stereocenters. The highest BCUT2D eigenvalue weighted by atomic mass is 79.9. The Hall–Kier alpha value is -0.870. The van der Waals surface area contributed by atoms with Gasteiger partial charge in [-0.05, 0) is 62.4 Å². The second kappa shape index (κ2) is 5.86. The van der Waals surface area contributed by atoms with Crippen LogP contribution in [0.3, 0.4) is 0 Å². The van der Waals surface area contributed by atoms with E-state index in [-0.39, 0.29) is 11.3 Å². The van der Waals surface area contributed by atoms with Gasteiger partial charge in [-0.25, -0.2) is 0 Å². The number of halogens is 1. The van der Waals surface area contributed by atoms with E-state index in [1.165, 1.54) is 6.42 Å². The molecular formula is C16H21BrN2O. The van der Waals surface area contributed by atoms with Crippen LogP contribution >= 0.6 is 15.9 Å². The number of rotatable bonds is 5. The zero-order valence-corrected chi connectivity index (χ0v) is 13.2. The van der Waals surface area contributed by atoms with Gasteiger partial charge in [0.2, 0.25) is 5.91 Å². The lowest BCUT2D eigenvalue weighted by atomic mass is 9.95. The Balaban J connectivity index is 1.56. The number of hydrogen-bond acceptors (Lipinski definition) is 2. The van der Waals surface area contributed by atoms with E-state index in [9.17, 15) is 4.79 Å². The van der Waals surface area contributed by atoms with Gasteiger partial charge in [0, 0.05) is 11.0 Å². The van der Waals surface area contributed by atoms with Gasteiger partial charge >= 0.3 is 0 Å². The molecule has 108 valence electrons. The van der Waals surface area contributed by atoms with Crippen LogP contribution < -0.4 is 10.6 Å². The maximum absolute atomic E-state index is 12.5. The molecule has 0 spiro atoms. The van der Waals surface area contributed by atoms with E-state index in [1.807, 2.05) is 12.1 Å². The van der Waals surface area contributed by atoms with Gasteiger partial charge in [0.25, 0.3) is 0 Å². The molecular weight excluding hydrogens is 316 g/mol. The number of benzene rings is 1. The van der Waals surface area contributed by atoms with Gasteiger partial charge in [0.05, 0.1) is 5.41 Å². The summed E-state index contributed by atoms with van der Waals surface area (Å²) in [4.78, 5) is 12.5. The van der Waals surface area contributed by atoms with Crippen LogP contribution in [0.4, 0.5) is 0 Å². The molecule has 2 aliphatic rings. The van der Waals surface area contributed by atoms with Crippen LogP contribution in [-0.4, -0.2) is 25.5 Å². The Morgan fingerprint density at radius 1 is 1.45 bits per heavy atom. The zero-order valence-electron chi connectivity index (χ0n) is 11.6. The Morgan fingerprint density at radius 2 is 2.30 bits per heavy atom. The minimum atomic E-state index is -0.252. The fourth-order valence-electron chi connectivity index (χ4n) is 3.08. The number of carbonyl (C=O) groups is 1. The second-order valence-electron chi connectivity index (χ2n) is 6.00. The summed E-state index contributed by atoms with van der Waals surface area (Å²) in [5.41, 5.74) is 0.893. The largest absolute Gasteiger partial charge is 0.355 e. The molecule has 20 heavy (non-hydrogen) atoms. The Kier molecular flexibility index (Phi) is 4.13. The van der Waals surface area contributed by atoms with Crippen LogP contribution in [0.5, 0.6) is 0 Å². The predicted octanol–water partition coefficient (Wildman–Crippen LogP) is 2.60. The summed E-state index contributed by atoms with van der Waals surface area (Å²) in [6.07, 6.45) is 4.28. The Morgan fingerprint density at radius 3 is 2.95 bits per heavy atom. The third kappa shape index (κ3) is 2.91. The Labute approximate surface area is 128 Å². The topological polar surface area (TPSA) is 41.1 Å². The lowest BCUT2D eigenvalue weighted by molar-refractivity contribution is -0.123. The average molecular weight is 337 g/mol. The average Bonchev–Trinajstić information content (AvgIpc) is 3.10. The van der Waals surface area contributed by atoms with Gasteiger partial charge in [-0.2, -0.15) is 0 Å². The van der Waals surface area contributed by atoms with E-state index in [1.54, 1.807) is 0 Å². The summed E-state index contributed by atoms with van der Waals surface area (Å²) >= 11 is 3.49. The van der Waals surface area contributed by atoms with E-state index in [0.29, 0.717) is 0 Å². The van der Waals surface area contributed by atoms with Gasteiger partial charge in [-0.1, -0.05) is 28.1 Å². The molecule has 1 atom stereocenters. The normalized spacial score (nSPS) is 23.6. The van der Waals surface area contributed by atoms with Crippen LogP contribution in [0, 0.1) is 5.92 Å². The van der Waals surface area contributed by atoms with Crippen LogP contribution in [0.25, 0.3) is 0 Å². The standard InChI is InChI=1S/C16H21BrN2O/c17-14-3-1-2-13(10-14)16(6-7-16)15(20)19-9-5-12-4-8-18-11-12/h1-3,10,12,18H,4-9,11H2,(H,19,20). The van der Waals surface area contributed by atoms with Crippen molar-refractivity contribution in [1.29, 1.82) is 0 Å². The highest BCUT2D eigenvalue weighted by Gasteiger charge is 2.51. The predicted molar refractivity (Wildman–Crippen MR) is 83.7 cm³/mol. The van der Waals surface area contributed by atoms with Gasteiger partial charge in [0.1, 0.15) is 0 Å². The van der Waals surface area contributed by atoms with E-state index in [0.717, 1.165) is 54.9 Å². The zero-order chi connectivity index (χ0) is 14.0. The summed E-state index contributed by atoms with van der Waals surface area (Å²) in [6, 6.07) is 8.16. The molecule has 1 aliphatic heterocycles. The van der Waals surface area contributed by atoms with E-state index < -0.39 is 0 Å². The monoisotopic (exact) mass is 336 g/mol. The Bertz CT molecular complexity index is 493. The summed E-state index contributed by atoms with van der Waals surface area (Å²) in [6.45, 7) is 3.04. The van der Waals surface area contributed by atoms with Gasteiger partial charge in [-0.15, -0.1) is 0 Å². The van der Waals surface area contributed by atoms with Gasteiger partial charge < -0.3 is 10.6 Å². The van der Waals surface area contributed by atoms with E-state index >= 15 is 0 Å². The lowest BCUT2D eigenvalue weighted by Gasteiger charge is -2.17. The van der Waals surface area contributed by atoms with Crippen molar-refractivity contribution in [2.24, 2.45) is 5.92 Å². The van der Waals surface area contributed by atoms with Crippen molar-refractivity contribution in [2.45, 2.75) is 31.1 Å². The number of carbonyl (C=O) groups excluding carboxylic acids is 1. The molecule has 1 heterocycles. The van der Waals surface area contributed by atoms with Gasteiger partial charge in [-0.3, -0.25) is 4.79 Å². The van der Waals surface area contributed by atoms with Crippen LogP contribution in [-0.2, 0) is 10.2 Å². The lowest BCUT2D eigenvalue weighted by Crippen LogP contribution is -2.36. The molecule has 1 aliphatic carbocycles. The minimum absolute atomic E-state index is 0.210. The molecule has 0 aromatic heterocycles. The molecule has 0 radical (unpaired) electrons. The number of amides is 1. The van der Waals surface area contributed by atoms with Gasteiger partial charge in [0.15, 0.2) is 0 Å². The highest BCUT2D eigenvalue weighted by Crippen LogP contribution is 2.48. The van der Waals surface area contributed by atoms with Crippen molar-refractivity contribution in [1.82, 2.24) is 10.6 Å². The third-order valence-corrected chi connectivity index (χ3v) is 5.06. The minimum Gasteiger partial charge on any atom is -0.355 e. The van der Waals surface area contributed by atoms with E-state index in [2.05, 4.69) is 38.7 Å². The maximum Gasteiger partial charge on any atom is 0.230 e. The summed E-state index contributed by atoms with van der Waals surface area (Å²) in [7, 11) is 0. The van der Waals surface area contributed by atoms with E-state index in [4.69, 9.17) is 0 Å². The molecule has 1 saturated carbocycles. The van der Waals surface area contributed by atoms with Crippen molar-refractivity contribution in [2.75, 3.05) is 19.6 Å². The van der Waals surface area contributed by atoms with Crippen LogP contribution in [0.15, 0.2) is 28.7 Å². The van der Waals surface area contributed by atoms with Crippen molar-refractivity contribution in [3.63, 3.8) is 0 Å². The molecule has 1 aromatic carbocycles.